The number of nitrogens with zero attached hydrogens (tertiary/aromatic N) is 3. The maximum absolute atomic E-state index is 12.1. The molecular formula is C15H16N4O. The topological polar surface area (TPSA) is 68.7 Å². The van der Waals surface area contributed by atoms with Gasteiger partial charge in [0.15, 0.2) is 0 Å². The van der Waals surface area contributed by atoms with E-state index in [1.807, 2.05) is 43.3 Å². The Morgan fingerprint density at radius 1 is 1.25 bits per heavy atom. The van der Waals surface area contributed by atoms with Crippen LogP contribution < -0.4 is 5.32 Å². The van der Waals surface area contributed by atoms with Crippen molar-refractivity contribution < 1.29 is 9.58 Å². The molecule has 102 valence electrons. The van der Waals surface area contributed by atoms with Crippen LogP contribution >= 0.6 is 0 Å². The zero-order valence-electron chi connectivity index (χ0n) is 11.4. The van der Waals surface area contributed by atoms with Gasteiger partial charge in [0.25, 0.3) is 5.91 Å². The summed E-state index contributed by atoms with van der Waals surface area (Å²) in [6, 6.07) is 8.84. The Balaban J connectivity index is 2.16. The third kappa shape index (κ3) is 3.09. The molecule has 2 rings (SSSR count). The minimum atomic E-state index is -0.170. The molecule has 1 aromatic rings. The molecule has 5 heteroatoms. The Morgan fingerprint density at radius 2 is 1.95 bits per heavy atom. The molecule has 0 bridgehead atoms. The van der Waals surface area contributed by atoms with Crippen molar-refractivity contribution >= 4 is 11.6 Å². The third-order valence-corrected chi connectivity index (χ3v) is 3.04. The summed E-state index contributed by atoms with van der Waals surface area (Å²) < 4.78 is 0. The van der Waals surface area contributed by atoms with Crippen molar-refractivity contribution in [1.82, 2.24) is 10.2 Å². The van der Waals surface area contributed by atoms with E-state index in [1.54, 1.807) is 24.3 Å². The fourth-order valence-corrected chi connectivity index (χ4v) is 1.97. The number of benzene rings is 1. The highest BCUT2D eigenvalue weighted by molar-refractivity contribution is 6.00. The molecule has 20 heavy (non-hydrogen) atoms. The summed E-state index contributed by atoms with van der Waals surface area (Å²) in [4.78, 5) is 17.2. The SMILES string of the molecule is CN(C)C1C=C(NC(=O)c2ccccc2)C=CC1=[N+]=[N-]. The predicted octanol–water partition coefficient (Wildman–Crippen LogP) is 1.47. The van der Waals surface area contributed by atoms with Crippen LogP contribution in [0.3, 0.4) is 0 Å². The van der Waals surface area contributed by atoms with Crippen LogP contribution in [-0.4, -0.2) is 41.4 Å². The Morgan fingerprint density at radius 3 is 2.55 bits per heavy atom. The number of amides is 1. The van der Waals surface area contributed by atoms with Crippen molar-refractivity contribution in [3.63, 3.8) is 0 Å². The Labute approximate surface area is 117 Å². The summed E-state index contributed by atoms with van der Waals surface area (Å²) >= 11 is 0. The van der Waals surface area contributed by atoms with E-state index < -0.39 is 0 Å². The van der Waals surface area contributed by atoms with E-state index in [0.717, 1.165) is 0 Å². The molecule has 0 spiro atoms. The van der Waals surface area contributed by atoms with Gasteiger partial charge in [0, 0.05) is 17.3 Å². The average Bonchev–Trinajstić information content (AvgIpc) is 2.48. The average molecular weight is 268 g/mol. The molecule has 0 radical (unpaired) electrons. The van der Waals surface area contributed by atoms with Crippen LogP contribution in [0.25, 0.3) is 5.53 Å². The van der Waals surface area contributed by atoms with Crippen molar-refractivity contribution in [3.8, 4) is 0 Å². The summed E-state index contributed by atoms with van der Waals surface area (Å²) in [5.74, 6) is -0.164. The van der Waals surface area contributed by atoms with Crippen molar-refractivity contribution in [2.24, 2.45) is 0 Å². The number of nitrogens with one attached hydrogen (secondary N) is 1. The predicted molar refractivity (Wildman–Crippen MR) is 77.2 cm³/mol. The first-order valence-corrected chi connectivity index (χ1v) is 6.26. The smallest absolute Gasteiger partial charge is 0.313 e. The Hall–Kier alpha value is -2.49. The first-order valence-electron chi connectivity index (χ1n) is 6.26. The molecule has 1 aliphatic rings. The van der Waals surface area contributed by atoms with Crippen LogP contribution in [0.1, 0.15) is 10.4 Å². The maximum Gasteiger partial charge on any atom is 0.313 e. The van der Waals surface area contributed by atoms with Gasteiger partial charge in [0.2, 0.25) is 0 Å². The van der Waals surface area contributed by atoms with Gasteiger partial charge in [-0.1, -0.05) is 18.2 Å². The van der Waals surface area contributed by atoms with Crippen LogP contribution in [0.2, 0.25) is 0 Å². The van der Waals surface area contributed by atoms with Gasteiger partial charge in [-0.3, -0.25) is 9.69 Å². The molecular weight excluding hydrogens is 252 g/mol. The third-order valence-electron chi connectivity index (χ3n) is 3.04. The van der Waals surface area contributed by atoms with Crippen LogP contribution in [0.15, 0.2) is 54.3 Å². The van der Waals surface area contributed by atoms with E-state index in [4.69, 9.17) is 5.53 Å². The van der Waals surface area contributed by atoms with Gasteiger partial charge in [0.05, 0.1) is 0 Å². The fraction of sp³-hybridized carbons (Fsp3) is 0.200. The van der Waals surface area contributed by atoms with E-state index in [9.17, 15) is 4.79 Å². The second-order valence-corrected chi connectivity index (χ2v) is 4.71. The lowest BCUT2D eigenvalue weighted by atomic mass is 10.0. The minimum Gasteiger partial charge on any atom is -0.361 e. The number of allylic oxidation sites excluding steroid dienone is 1. The lowest BCUT2D eigenvalue weighted by Crippen LogP contribution is -2.37. The summed E-state index contributed by atoms with van der Waals surface area (Å²) in [6.45, 7) is 0. The normalized spacial score (nSPS) is 17.6. The van der Waals surface area contributed by atoms with Crippen LogP contribution in [0.5, 0.6) is 0 Å². The number of hydrogen-bond acceptors (Lipinski definition) is 2. The second-order valence-electron chi connectivity index (χ2n) is 4.71. The van der Waals surface area contributed by atoms with Crippen LogP contribution in [0, 0.1) is 0 Å². The zero-order valence-corrected chi connectivity index (χ0v) is 11.4. The summed E-state index contributed by atoms with van der Waals surface area (Å²) in [6.07, 6.45) is 5.25. The van der Waals surface area contributed by atoms with Crippen molar-refractivity contribution in [1.29, 1.82) is 0 Å². The number of hydrogen-bond donors (Lipinski definition) is 1. The van der Waals surface area contributed by atoms with Gasteiger partial charge in [-0.25, -0.2) is 0 Å². The molecule has 0 aliphatic heterocycles. The van der Waals surface area contributed by atoms with Gasteiger partial charge in [0.1, 0.15) is 6.04 Å². The lowest BCUT2D eigenvalue weighted by Gasteiger charge is -2.20. The lowest BCUT2D eigenvalue weighted by molar-refractivity contribution is -0.0106. The number of carbonyl (C=O) groups is 1. The van der Waals surface area contributed by atoms with E-state index >= 15 is 0 Å². The molecule has 0 aromatic heterocycles. The zero-order chi connectivity index (χ0) is 14.5. The molecule has 0 fully saturated rings. The Kier molecular flexibility index (Phi) is 4.25. The summed E-state index contributed by atoms with van der Waals surface area (Å²) in [5, 5.41) is 2.84. The molecule has 5 nitrogen and oxygen atoms in total. The standard InChI is InChI=1S/C15H16N4O/c1-19(2)14-10-12(8-9-13(14)18-16)17-15(20)11-6-4-3-5-7-11/h3-10,14H,1-2H3,(H,17,20). The first-order chi connectivity index (χ1) is 9.61. The maximum atomic E-state index is 12.1. The highest BCUT2D eigenvalue weighted by Crippen LogP contribution is 2.10. The first kappa shape index (κ1) is 13.9. The summed E-state index contributed by atoms with van der Waals surface area (Å²) in [5.41, 5.74) is 10.8. The van der Waals surface area contributed by atoms with Gasteiger partial charge in [-0.05, 0) is 38.4 Å². The number of likely N-dealkylation sites (N-methyl/N-ethyl adjacent to an activating group) is 1. The molecule has 0 heterocycles. The largest absolute Gasteiger partial charge is 0.361 e. The quantitative estimate of drug-likeness (QED) is 0.666. The number of rotatable bonds is 3. The molecule has 1 aromatic carbocycles. The highest BCUT2D eigenvalue weighted by atomic mass is 16.1. The molecule has 1 N–H and O–H groups in total. The van der Waals surface area contributed by atoms with E-state index in [-0.39, 0.29) is 11.9 Å². The molecule has 1 amide bonds. The van der Waals surface area contributed by atoms with Gasteiger partial charge < -0.3 is 10.8 Å². The van der Waals surface area contributed by atoms with Crippen molar-refractivity contribution in [2.45, 2.75) is 6.04 Å². The van der Waals surface area contributed by atoms with Crippen molar-refractivity contribution in [2.75, 3.05) is 14.1 Å². The molecule has 1 atom stereocenters. The second kappa shape index (κ2) is 6.10. The molecule has 1 unspecified atom stereocenters. The highest BCUT2D eigenvalue weighted by Gasteiger charge is 2.25. The van der Waals surface area contributed by atoms with E-state index in [0.29, 0.717) is 17.0 Å². The van der Waals surface area contributed by atoms with E-state index in [2.05, 4.69) is 10.1 Å². The Bertz CT molecular complexity index is 610. The minimum absolute atomic E-state index is 0.164. The fourth-order valence-electron chi connectivity index (χ4n) is 1.97. The van der Waals surface area contributed by atoms with Gasteiger partial charge in [-0.15, -0.1) is 0 Å². The van der Waals surface area contributed by atoms with Crippen LogP contribution in [0.4, 0.5) is 0 Å². The van der Waals surface area contributed by atoms with Crippen LogP contribution in [-0.2, 0) is 0 Å². The molecule has 0 saturated carbocycles. The van der Waals surface area contributed by atoms with Gasteiger partial charge >= 0.3 is 5.71 Å². The molecule has 1 aliphatic carbocycles. The molecule has 0 saturated heterocycles. The van der Waals surface area contributed by atoms with Gasteiger partial charge in [-0.2, -0.15) is 4.79 Å². The summed E-state index contributed by atoms with van der Waals surface area (Å²) in [7, 11) is 3.75. The number of carbonyl (C=O) groups excluding carboxylic acids is 1. The monoisotopic (exact) mass is 268 g/mol. The van der Waals surface area contributed by atoms with Crippen molar-refractivity contribution in [3.05, 3.63) is 65.4 Å². The van der Waals surface area contributed by atoms with E-state index in [1.165, 1.54) is 0 Å².